The Bertz CT molecular complexity index is 634. The van der Waals surface area contributed by atoms with E-state index in [9.17, 15) is 18.0 Å². The first-order valence-corrected chi connectivity index (χ1v) is 12.2. The molecular formula is C17H25F3N2O3Si. The van der Waals surface area contributed by atoms with E-state index in [-0.39, 0.29) is 11.7 Å². The van der Waals surface area contributed by atoms with E-state index in [1.165, 1.54) is 18.2 Å². The van der Waals surface area contributed by atoms with Gasteiger partial charge in [-0.15, -0.1) is 13.2 Å². The number of carbonyl (C=O) groups is 1. The molecule has 2 N–H and O–H groups in total. The second-order valence-corrected chi connectivity index (χ2v) is 13.4. The average Bonchev–Trinajstić information content (AvgIpc) is 2.85. The van der Waals surface area contributed by atoms with E-state index in [2.05, 4.69) is 29.3 Å². The Morgan fingerprint density at radius 1 is 1.31 bits per heavy atom. The molecule has 1 fully saturated rings. The number of ether oxygens (including phenoxy) is 2. The molecule has 9 heteroatoms. The lowest BCUT2D eigenvalue weighted by Crippen LogP contribution is -2.31. The minimum atomic E-state index is -4.75. The van der Waals surface area contributed by atoms with Crippen LogP contribution in [0.4, 0.5) is 18.0 Å². The minimum absolute atomic E-state index is 0.249. The summed E-state index contributed by atoms with van der Waals surface area (Å²) in [7, 11) is -1.23. The molecule has 1 aromatic rings. The van der Waals surface area contributed by atoms with Crippen molar-refractivity contribution >= 4 is 14.2 Å². The monoisotopic (exact) mass is 390 g/mol. The summed E-state index contributed by atoms with van der Waals surface area (Å²) in [5, 5.41) is 0. The summed E-state index contributed by atoms with van der Waals surface area (Å²) < 4.78 is 46.6. The maximum absolute atomic E-state index is 12.5. The van der Waals surface area contributed by atoms with Crippen LogP contribution >= 0.6 is 0 Å². The van der Waals surface area contributed by atoms with E-state index >= 15 is 0 Å². The van der Waals surface area contributed by atoms with Gasteiger partial charge in [-0.25, -0.2) is 4.79 Å². The van der Waals surface area contributed by atoms with Crippen LogP contribution in [0.15, 0.2) is 24.3 Å². The first-order chi connectivity index (χ1) is 11.9. The number of nitrogens with two attached hydrogens (primary N) is 1. The Morgan fingerprint density at radius 2 is 2.00 bits per heavy atom. The van der Waals surface area contributed by atoms with Crippen LogP contribution in [-0.4, -0.2) is 51.2 Å². The number of amides is 1. The third kappa shape index (κ3) is 6.53. The van der Waals surface area contributed by atoms with Gasteiger partial charge in [-0.05, 0) is 30.3 Å². The van der Waals surface area contributed by atoms with Crippen molar-refractivity contribution in [2.45, 2.75) is 44.1 Å². The third-order valence-corrected chi connectivity index (χ3v) is 6.03. The number of hydrogen-bond donors (Lipinski definition) is 1. The minimum Gasteiger partial charge on any atom is -0.444 e. The number of likely N-dealkylation sites (tertiary alicyclic amines) is 1. The number of carbonyl (C=O) groups excluding carboxylic acids is 1. The second-order valence-electron chi connectivity index (χ2n) is 7.77. The molecule has 2 atom stereocenters. The van der Waals surface area contributed by atoms with Gasteiger partial charge >= 0.3 is 12.5 Å². The Morgan fingerprint density at radius 3 is 2.58 bits per heavy atom. The fourth-order valence-corrected chi connectivity index (χ4v) is 4.05. The summed E-state index contributed by atoms with van der Waals surface area (Å²) in [6, 6.07) is 6.90. The largest absolute Gasteiger partial charge is 0.573 e. The van der Waals surface area contributed by atoms with Crippen LogP contribution in [0.2, 0.25) is 25.7 Å². The maximum atomic E-state index is 12.5. The summed E-state index contributed by atoms with van der Waals surface area (Å²) in [6.07, 6.45) is -6.12. The number of primary amides is 1. The van der Waals surface area contributed by atoms with Crippen LogP contribution in [0.5, 0.6) is 5.75 Å². The van der Waals surface area contributed by atoms with Gasteiger partial charge in [-0.2, -0.15) is 0 Å². The Kier molecular flexibility index (Phi) is 6.23. The smallest absolute Gasteiger partial charge is 0.444 e. The van der Waals surface area contributed by atoms with E-state index in [1.54, 1.807) is 6.07 Å². The van der Waals surface area contributed by atoms with E-state index < -0.39 is 26.6 Å². The van der Waals surface area contributed by atoms with Gasteiger partial charge in [0.1, 0.15) is 11.9 Å². The predicted molar refractivity (Wildman–Crippen MR) is 94.9 cm³/mol. The van der Waals surface area contributed by atoms with E-state index in [0.29, 0.717) is 18.7 Å². The van der Waals surface area contributed by atoms with E-state index in [0.717, 1.165) is 12.6 Å². The molecule has 5 nitrogen and oxygen atoms in total. The van der Waals surface area contributed by atoms with Crippen LogP contribution in [0, 0.1) is 0 Å². The SMILES string of the molecule is C[Si](C)(C)CCN1C[C@@H](OC(N)=O)[C@H](c2cccc(OC(F)(F)F)c2)C1. The van der Waals surface area contributed by atoms with Gasteiger partial charge in [-0.1, -0.05) is 31.8 Å². The molecule has 1 heterocycles. The third-order valence-electron chi connectivity index (χ3n) is 4.31. The summed E-state index contributed by atoms with van der Waals surface area (Å²) in [5.41, 5.74) is 5.80. The topological polar surface area (TPSA) is 64.8 Å². The summed E-state index contributed by atoms with van der Waals surface area (Å²) >= 11 is 0. The zero-order valence-corrected chi connectivity index (χ0v) is 16.2. The Labute approximate surface area is 152 Å². The van der Waals surface area contributed by atoms with Gasteiger partial charge in [0, 0.05) is 27.1 Å². The molecule has 0 spiro atoms. The Hall–Kier alpha value is -1.74. The van der Waals surface area contributed by atoms with E-state index in [1.807, 2.05) is 0 Å². The van der Waals surface area contributed by atoms with E-state index in [4.69, 9.17) is 10.5 Å². The van der Waals surface area contributed by atoms with Crippen LogP contribution in [0.1, 0.15) is 11.5 Å². The molecule has 1 aliphatic rings. The van der Waals surface area contributed by atoms with Gasteiger partial charge in [0.15, 0.2) is 0 Å². The van der Waals surface area contributed by atoms with Gasteiger partial charge < -0.3 is 15.2 Å². The molecule has 146 valence electrons. The molecule has 1 aliphatic heterocycles. The fraction of sp³-hybridized carbons (Fsp3) is 0.588. The highest BCUT2D eigenvalue weighted by Gasteiger charge is 2.37. The molecule has 1 aromatic carbocycles. The summed E-state index contributed by atoms with van der Waals surface area (Å²) in [4.78, 5) is 13.4. The van der Waals surface area contributed by atoms with Crippen molar-refractivity contribution in [2.75, 3.05) is 19.6 Å². The molecule has 0 bridgehead atoms. The second kappa shape index (κ2) is 7.87. The number of halogens is 3. The molecule has 0 aliphatic carbocycles. The molecule has 1 saturated heterocycles. The molecular weight excluding hydrogens is 365 g/mol. The Balaban J connectivity index is 2.16. The lowest BCUT2D eigenvalue weighted by molar-refractivity contribution is -0.274. The molecule has 0 saturated carbocycles. The zero-order valence-electron chi connectivity index (χ0n) is 15.2. The fourth-order valence-electron chi connectivity index (χ4n) is 3.06. The molecule has 0 aromatic heterocycles. The van der Waals surface area contributed by atoms with Crippen LogP contribution in [0.3, 0.4) is 0 Å². The molecule has 0 radical (unpaired) electrons. The van der Waals surface area contributed by atoms with Crippen LogP contribution in [-0.2, 0) is 4.74 Å². The predicted octanol–water partition coefficient (Wildman–Crippen LogP) is 3.79. The van der Waals surface area contributed by atoms with Crippen molar-refractivity contribution in [3.05, 3.63) is 29.8 Å². The average molecular weight is 390 g/mol. The highest BCUT2D eigenvalue weighted by Crippen LogP contribution is 2.33. The number of nitrogens with zero attached hydrogens (tertiary/aromatic N) is 1. The van der Waals surface area contributed by atoms with Crippen molar-refractivity contribution in [1.29, 1.82) is 0 Å². The maximum Gasteiger partial charge on any atom is 0.573 e. The molecule has 2 rings (SSSR count). The number of rotatable bonds is 6. The summed E-state index contributed by atoms with van der Waals surface area (Å²) in [5.74, 6) is -0.533. The van der Waals surface area contributed by atoms with Crippen molar-refractivity contribution < 1.29 is 27.4 Å². The van der Waals surface area contributed by atoms with Crippen LogP contribution in [0.25, 0.3) is 0 Å². The van der Waals surface area contributed by atoms with Crippen molar-refractivity contribution in [3.63, 3.8) is 0 Å². The number of alkyl halides is 3. The van der Waals surface area contributed by atoms with Crippen molar-refractivity contribution in [2.24, 2.45) is 5.73 Å². The summed E-state index contributed by atoms with van der Waals surface area (Å²) in [6.45, 7) is 8.80. The van der Waals surface area contributed by atoms with Crippen molar-refractivity contribution in [1.82, 2.24) is 4.90 Å². The quantitative estimate of drug-likeness (QED) is 0.751. The molecule has 0 unspecified atom stereocenters. The van der Waals surface area contributed by atoms with Gasteiger partial charge in [0.05, 0.1) is 0 Å². The van der Waals surface area contributed by atoms with Crippen molar-refractivity contribution in [3.8, 4) is 5.75 Å². The van der Waals surface area contributed by atoms with Gasteiger partial charge in [-0.3, -0.25) is 4.90 Å². The first-order valence-electron chi connectivity index (χ1n) is 8.47. The van der Waals surface area contributed by atoms with Crippen LogP contribution < -0.4 is 10.5 Å². The standard InChI is InChI=1S/C17H25F3N2O3Si/c1-26(2,3)8-7-22-10-14(15(11-22)24-16(21)23)12-5-4-6-13(9-12)25-17(18,19)20/h4-6,9,14-15H,7-8,10-11H2,1-3H3,(H2,21,23)/t14-,15+/m0/s1. The first kappa shape index (κ1) is 20.6. The van der Waals surface area contributed by atoms with Gasteiger partial charge in [0.2, 0.25) is 0 Å². The molecule has 1 amide bonds. The lowest BCUT2D eigenvalue weighted by Gasteiger charge is -2.21. The molecule has 26 heavy (non-hydrogen) atoms. The highest BCUT2D eigenvalue weighted by atomic mass is 28.3. The van der Waals surface area contributed by atoms with Gasteiger partial charge in [0.25, 0.3) is 0 Å². The normalized spacial score (nSPS) is 21.6. The lowest BCUT2D eigenvalue weighted by atomic mass is 9.96. The zero-order chi connectivity index (χ0) is 19.5. The number of benzene rings is 1. The highest BCUT2D eigenvalue weighted by molar-refractivity contribution is 6.76. The number of hydrogen-bond acceptors (Lipinski definition) is 4.